The number of amides is 1. The van der Waals surface area contributed by atoms with E-state index in [-0.39, 0.29) is 18.4 Å². The van der Waals surface area contributed by atoms with Crippen LogP contribution in [0.1, 0.15) is 22.3 Å². The highest BCUT2D eigenvalue weighted by Crippen LogP contribution is 2.22. The third-order valence-electron chi connectivity index (χ3n) is 4.67. The summed E-state index contributed by atoms with van der Waals surface area (Å²) in [5.74, 6) is 0.243. The fourth-order valence-corrected chi connectivity index (χ4v) is 3.18. The van der Waals surface area contributed by atoms with Crippen LogP contribution in [-0.4, -0.2) is 41.9 Å². The highest BCUT2D eigenvalue weighted by Gasteiger charge is 2.26. The SMILES string of the molecule is Cc1ccc(-n2cccc2)c(C(=O)NC[C@@H](CO)[C@H]2CCOC2)c1. The van der Waals surface area contributed by atoms with E-state index in [1.165, 1.54) is 0 Å². The molecule has 0 unspecified atom stereocenters. The molecular formula is C19H24N2O3. The molecule has 1 aliphatic rings. The maximum Gasteiger partial charge on any atom is 0.253 e. The fraction of sp³-hybridized carbons (Fsp3) is 0.421. The summed E-state index contributed by atoms with van der Waals surface area (Å²) in [5, 5.41) is 12.6. The molecule has 3 rings (SSSR count). The van der Waals surface area contributed by atoms with Crippen LogP contribution < -0.4 is 5.32 Å². The number of rotatable bonds is 6. The van der Waals surface area contributed by atoms with Gasteiger partial charge < -0.3 is 19.7 Å². The number of hydrogen-bond acceptors (Lipinski definition) is 3. The number of aliphatic hydroxyl groups excluding tert-OH is 1. The number of benzene rings is 1. The highest BCUT2D eigenvalue weighted by molar-refractivity contribution is 5.98. The van der Waals surface area contributed by atoms with Crippen molar-refractivity contribution in [1.29, 1.82) is 0 Å². The van der Waals surface area contributed by atoms with Crippen molar-refractivity contribution in [3.8, 4) is 5.69 Å². The molecule has 128 valence electrons. The average molecular weight is 328 g/mol. The first-order chi connectivity index (χ1) is 11.7. The Hall–Kier alpha value is -2.11. The molecule has 1 aromatic heterocycles. The van der Waals surface area contributed by atoms with Crippen molar-refractivity contribution in [3.63, 3.8) is 0 Å². The Bertz CT molecular complexity index is 676. The molecule has 0 bridgehead atoms. The summed E-state index contributed by atoms with van der Waals surface area (Å²) in [4.78, 5) is 12.7. The van der Waals surface area contributed by atoms with E-state index in [2.05, 4.69) is 5.32 Å². The van der Waals surface area contributed by atoms with Gasteiger partial charge in [-0.25, -0.2) is 0 Å². The van der Waals surface area contributed by atoms with Gasteiger partial charge in [-0.05, 0) is 43.5 Å². The lowest BCUT2D eigenvalue weighted by Gasteiger charge is -2.21. The molecule has 5 heteroatoms. The molecule has 2 atom stereocenters. The van der Waals surface area contributed by atoms with Crippen LogP contribution >= 0.6 is 0 Å². The molecule has 5 nitrogen and oxygen atoms in total. The van der Waals surface area contributed by atoms with Gasteiger partial charge in [0, 0.05) is 44.7 Å². The van der Waals surface area contributed by atoms with Gasteiger partial charge >= 0.3 is 0 Å². The van der Waals surface area contributed by atoms with Gasteiger partial charge in [-0.2, -0.15) is 0 Å². The highest BCUT2D eigenvalue weighted by atomic mass is 16.5. The zero-order valence-electron chi connectivity index (χ0n) is 13.9. The third-order valence-corrected chi connectivity index (χ3v) is 4.67. The van der Waals surface area contributed by atoms with E-state index in [1.54, 1.807) is 0 Å². The number of carbonyl (C=O) groups excluding carboxylic acids is 1. The largest absolute Gasteiger partial charge is 0.396 e. The molecule has 24 heavy (non-hydrogen) atoms. The van der Waals surface area contributed by atoms with Gasteiger partial charge in [-0.3, -0.25) is 4.79 Å². The van der Waals surface area contributed by atoms with E-state index in [1.807, 2.05) is 54.2 Å². The van der Waals surface area contributed by atoms with Crippen LogP contribution in [-0.2, 0) is 4.74 Å². The minimum Gasteiger partial charge on any atom is -0.396 e. The molecule has 0 saturated carbocycles. The molecule has 1 saturated heterocycles. The van der Waals surface area contributed by atoms with Gasteiger partial charge in [0.15, 0.2) is 0 Å². The number of carbonyl (C=O) groups is 1. The summed E-state index contributed by atoms with van der Waals surface area (Å²) >= 11 is 0. The average Bonchev–Trinajstić information content (AvgIpc) is 3.29. The summed E-state index contributed by atoms with van der Waals surface area (Å²) < 4.78 is 7.32. The Morgan fingerprint density at radius 3 is 2.88 bits per heavy atom. The van der Waals surface area contributed by atoms with Crippen molar-refractivity contribution in [2.24, 2.45) is 11.8 Å². The van der Waals surface area contributed by atoms with Crippen LogP contribution in [0.15, 0.2) is 42.7 Å². The van der Waals surface area contributed by atoms with Gasteiger partial charge in [-0.1, -0.05) is 11.6 Å². The zero-order valence-corrected chi connectivity index (χ0v) is 13.9. The minimum absolute atomic E-state index is 0.0382. The Kier molecular flexibility index (Phi) is 5.33. The van der Waals surface area contributed by atoms with Crippen molar-refractivity contribution in [2.75, 3.05) is 26.4 Å². The second kappa shape index (κ2) is 7.64. The molecule has 2 aromatic rings. The first-order valence-electron chi connectivity index (χ1n) is 8.40. The number of aromatic nitrogens is 1. The lowest BCUT2D eigenvalue weighted by Crippen LogP contribution is -2.35. The monoisotopic (exact) mass is 328 g/mol. The number of aliphatic hydroxyl groups is 1. The van der Waals surface area contributed by atoms with E-state index in [4.69, 9.17) is 4.74 Å². The molecule has 1 aliphatic heterocycles. The summed E-state index contributed by atoms with van der Waals surface area (Å²) in [5.41, 5.74) is 2.54. The van der Waals surface area contributed by atoms with E-state index in [0.717, 1.165) is 24.3 Å². The predicted octanol–water partition coefficient (Wildman–Crippen LogP) is 2.16. The molecule has 1 aromatic carbocycles. The van der Waals surface area contributed by atoms with E-state index in [9.17, 15) is 9.90 Å². The Morgan fingerprint density at radius 1 is 1.42 bits per heavy atom. The number of nitrogens with one attached hydrogen (secondary N) is 1. The Labute approximate surface area is 142 Å². The first-order valence-corrected chi connectivity index (χ1v) is 8.40. The predicted molar refractivity (Wildman–Crippen MR) is 92.3 cm³/mol. The van der Waals surface area contributed by atoms with Crippen molar-refractivity contribution >= 4 is 5.91 Å². The van der Waals surface area contributed by atoms with E-state index in [0.29, 0.717) is 24.6 Å². The number of hydrogen-bond donors (Lipinski definition) is 2. The normalized spacial score (nSPS) is 18.5. The first kappa shape index (κ1) is 16.7. The van der Waals surface area contributed by atoms with Crippen molar-refractivity contribution in [3.05, 3.63) is 53.9 Å². The standard InChI is InChI=1S/C19H24N2O3/c1-14-4-5-18(21-7-2-3-8-21)17(10-14)19(23)20-11-16(12-22)15-6-9-24-13-15/h2-5,7-8,10,15-16,22H,6,9,11-13H2,1H3,(H,20,23)/t15-,16-/m0/s1. The Morgan fingerprint density at radius 2 is 2.21 bits per heavy atom. The van der Waals surface area contributed by atoms with Gasteiger partial charge in [0.2, 0.25) is 0 Å². The maximum absolute atomic E-state index is 12.7. The third kappa shape index (κ3) is 3.68. The van der Waals surface area contributed by atoms with Crippen LogP contribution in [0.5, 0.6) is 0 Å². The quantitative estimate of drug-likeness (QED) is 0.854. The molecule has 0 spiro atoms. The number of aryl methyl sites for hydroxylation is 1. The Balaban J connectivity index is 1.73. The van der Waals surface area contributed by atoms with Gasteiger partial charge in [0.05, 0.1) is 11.3 Å². The second-order valence-corrected chi connectivity index (χ2v) is 6.39. The maximum atomic E-state index is 12.7. The number of nitrogens with zero attached hydrogens (tertiary/aromatic N) is 1. The van der Waals surface area contributed by atoms with Crippen LogP contribution in [0.2, 0.25) is 0 Å². The smallest absolute Gasteiger partial charge is 0.253 e. The molecule has 2 heterocycles. The summed E-state index contributed by atoms with van der Waals surface area (Å²) in [6.45, 7) is 3.91. The fourth-order valence-electron chi connectivity index (χ4n) is 3.18. The van der Waals surface area contributed by atoms with Gasteiger partial charge in [0.25, 0.3) is 5.91 Å². The van der Waals surface area contributed by atoms with Crippen LogP contribution in [0.4, 0.5) is 0 Å². The van der Waals surface area contributed by atoms with Crippen LogP contribution in [0.25, 0.3) is 5.69 Å². The van der Waals surface area contributed by atoms with Crippen molar-refractivity contribution in [1.82, 2.24) is 9.88 Å². The second-order valence-electron chi connectivity index (χ2n) is 6.39. The molecule has 1 fully saturated rings. The molecule has 2 N–H and O–H groups in total. The van der Waals surface area contributed by atoms with E-state index >= 15 is 0 Å². The molecule has 0 aliphatic carbocycles. The summed E-state index contributed by atoms with van der Waals surface area (Å²) in [6, 6.07) is 9.72. The van der Waals surface area contributed by atoms with Crippen LogP contribution in [0.3, 0.4) is 0 Å². The zero-order chi connectivity index (χ0) is 16.9. The molecule has 0 radical (unpaired) electrons. The van der Waals surface area contributed by atoms with Gasteiger partial charge in [0.1, 0.15) is 0 Å². The lowest BCUT2D eigenvalue weighted by atomic mass is 9.92. The minimum atomic E-state index is -0.111. The topological polar surface area (TPSA) is 63.5 Å². The summed E-state index contributed by atoms with van der Waals surface area (Å²) in [7, 11) is 0. The van der Waals surface area contributed by atoms with E-state index < -0.39 is 0 Å². The number of ether oxygens (including phenoxy) is 1. The van der Waals surface area contributed by atoms with Crippen molar-refractivity contribution in [2.45, 2.75) is 13.3 Å². The van der Waals surface area contributed by atoms with Crippen LogP contribution in [0, 0.1) is 18.8 Å². The lowest BCUT2D eigenvalue weighted by molar-refractivity contribution is 0.0917. The van der Waals surface area contributed by atoms with Crippen molar-refractivity contribution < 1.29 is 14.6 Å². The molecular weight excluding hydrogens is 304 g/mol. The van der Waals surface area contributed by atoms with Gasteiger partial charge in [-0.15, -0.1) is 0 Å². The molecule has 1 amide bonds. The summed E-state index contributed by atoms with van der Waals surface area (Å²) in [6.07, 6.45) is 4.79.